The van der Waals surface area contributed by atoms with Crippen LogP contribution in [0.1, 0.15) is 32.6 Å². The van der Waals surface area contributed by atoms with Gasteiger partial charge in [0.25, 0.3) is 0 Å². The Morgan fingerprint density at radius 1 is 1.70 bits per heavy atom. The van der Waals surface area contributed by atoms with Crippen molar-refractivity contribution in [2.24, 2.45) is 5.41 Å². The van der Waals surface area contributed by atoms with Crippen LogP contribution in [-0.2, 0) is 4.79 Å². The van der Waals surface area contributed by atoms with Crippen LogP contribution in [-0.4, -0.2) is 17.5 Å². The molecule has 0 aromatic carbocycles. The van der Waals surface area contributed by atoms with Crippen molar-refractivity contribution in [2.45, 2.75) is 32.6 Å². The van der Waals surface area contributed by atoms with Gasteiger partial charge in [-0.1, -0.05) is 6.92 Å². The molecule has 1 fully saturated rings. The van der Waals surface area contributed by atoms with Gasteiger partial charge < -0.3 is 5.11 Å². The summed E-state index contributed by atoms with van der Waals surface area (Å²) in [5, 5.41) is 8.67. The maximum absolute atomic E-state index is 10.9. The van der Waals surface area contributed by atoms with E-state index in [-0.39, 0.29) is 12.0 Å². The van der Waals surface area contributed by atoms with Gasteiger partial charge in [0.2, 0.25) is 0 Å². The molecule has 1 aliphatic rings. The van der Waals surface area contributed by atoms with Crippen molar-refractivity contribution in [2.75, 3.05) is 6.61 Å². The number of carbonyl (C=O) groups excluding carboxylic acids is 1. The number of Topliss-reactive ketones (excluding diaryl/α,β-unsaturated/α-hetero) is 1. The van der Waals surface area contributed by atoms with Crippen LogP contribution in [0.2, 0.25) is 0 Å². The van der Waals surface area contributed by atoms with E-state index in [1.165, 1.54) is 0 Å². The average Bonchev–Trinajstić information content (AvgIpc) is 2.12. The van der Waals surface area contributed by atoms with Gasteiger partial charge in [0.15, 0.2) is 0 Å². The Labute approximate surface area is 61.2 Å². The summed E-state index contributed by atoms with van der Waals surface area (Å²) in [6.07, 6.45) is 3.13. The summed E-state index contributed by atoms with van der Waals surface area (Å²) in [4.78, 5) is 10.9. The highest BCUT2D eigenvalue weighted by Gasteiger charge is 2.32. The number of hydrogen-bond acceptors (Lipinski definition) is 2. The van der Waals surface area contributed by atoms with Crippen molar-refractivity contribution >= 4 is 5.78 Å². The molecule has 58 valence electrons. The molecule has 0 bridgehead atoms. The second kappa shape index (κ2) is 2.70. The van der Waals surface area contributed by atoms with E-state index in [9.17, 15) is 4.79 Å². The van der Waals surface area contributed by atoms with Crippen LogP contribution in [0.15, 0.2) is 0 Å². The van der Waals surface area contributed by atoms with Gasteiger partial charge in [0, 0.05) is 19.4 Å². The highest BCUT2D eigenvalue weighted by molar-refractivity contribution is 5.81. The first-order chi connectivity index (χ1) is 4.66. The lowest BCUT2D eigenvalue weighted by Gasteiger charge is -2.20. The molecule has 0 spiro atoms. The lowest BCUT2D eigenvalue weighted by molar-refractivity contribution is -0.118. The highest BCUT2D eigenvalue weighted by Crippen LogP contribution is 2.37. The molecule has 1 rings (SSSR count). The van der Waals surface area contributed by atoms with E-state index in [1.54, 1.807) is 0 Å². The highest BCUT2D eigenvalue weighted by atomic mass is 16.3. The van der Waals surface area contributed by atoms with E-state index in [1.807, 2.05) is 0 Å². The zero-order chi connectivity index (χ0) is 7.61. The second-order valence-electron chi connectivity index (χ2n) is 3.50. The Balaban J connectivity index is 2.46. The number of aliphatic hydroxyl groups is 1. The van der Waals surface area contributed by atoms with Crippen LogP contribution in [0.3, 0.4) is 0 Å². The Morgan fingerprint density at radius 3 is 2.80 bits per heavy atom. The van der Waals surface area contributed by atoms with Crippen molar-refractivity contribution in [3.8, 4) is 0 Å². The van der Waals surface area contributed by atoms with Crippen molar-refractivity contribution in [3.05, 3.63) is 0 Å². The summed E-state index contributed by atoms with van der Waals surface area (Å²) in [5.74, 6) is 0.357. The molecular formula is C8H14O2. The summed E-state index contributed by atoms with van der Waals surface area (Å²) in [7, 11) is 0. The van der Waals surface area contributed by atoms with E-state index in [4.69, 9.17) is 5.11 Å². The summed E-state index contributed by atoms with van der Waals surface area (Å²) >= 11 is 0. The topological polar surface area (TPSA) is 37.3 Å². The van der Waals surface area contributed by atoms with Crippen LogP contribution in [0.5, 0.6) is 0 Å². The van der Waals surface area contributed by atoms with E-state index < -0.39 is 0 Å². The van der Waals surface area contributed by atoms with E-state index in [0.29, 0.717) is 12.2 Å². The number of rotatable bonds is 2. The van der Waals surface area contributed by atoms with Crippen molar-refractivity contribution in [1.82, 2.24) is 0 Å². The molecule has 0 saturated heterocycles. The van der Waals surface area contributed by atoms with E-state index in [0.717, 1.165) is 19.3 Å². The fourth-order valence-corrected chi connectivity index (χ4v) is 1.58. The monoisotopic (exact) mass is 142 g/mol. The first-order valence-corrected chi connectivity index (χ1v) is 3.79. The SMILES string of the molecule is CC1(CCO)CCC(=O)C1. The van der Waals surface area contributed by atoms with Gasteiger partial charge in [-0.2, -0.15) is 0 Å². The fraction of sp³-hybridized carbons (Fsp3) is 0.875. The average molecular weight is 142 g/mol. The Bertz CT molecular complexity index is 142. The second-order valence-corrected chi connectivity index (χ2v) is 3.50. The largest absolute Gasteiger partial charge is 0.396 e. The van der Waals surface area contributed by atoms with Crippen LogP contribution in [0, 0.1) is 5.41 Å². The molecule has 0 aromatic rings. The number of aliphatic hydroxyl groups excluding tert-OH is 1. The van der Waals surface area contributed by atoms with Crippen LogP contribution >= 0.6 is 0 Å². The van der Waals surface area contributed by atoms with Crippen LogP contribution in [0.25, 0.3) is 0 Å². The summed E-state index contributed by atoms with van der Waals surface area (Å²) < 4.78 is 0. The Hall–Kier alpha value is -0.370. The molecule has 0 radical (unpaired) electrons. The summed E-state index contributed by atoms with van der Waals surface area (Å²) in [6, 6.07) is 0. The molecule has 1 atom stereocenters. The van der Waals surface area contributed by atoms with E-state index >= 15 is 0 Å². The molecule has 2 nitrogen and oxygen atoms in total. The molecule has 1 unspecified atom stereocenters. The third kappa shape index (κ3) is 1.57. The van der Waals surface area contributed by atoms with Gasteiger partial charge in [0.1, 0.15) is 5.78 Å². The zero-order valence-electron chi connectivity index (χ0n) is 6.39. The van der Waals surface area contributed by atoms with Crippen LogP contribution < -0.4 is 0 Å². The molecule has 1 N–H and O–H groups in total. The molecule has 0 heterocycles. The van der Waals surface area contributed by atoms with Gasteiger partial charge in [-0.25, -0.2) is 0 Å². The van der Waals surface area contributed by atoms with Crippen LogP contribution in [0.4, 0.5) is 0 Å². The molecular weight excluding hydrogens is 128 g/mol. The molecule has 1 saturated carbocycles. The maximum Gasteiger partial charge on any atom is 0.133 e. The third-order valence-corrected chi connectivity index (χ3v) is 2.35. The van der Waals surface area contributed by atoms with Gasteiger partial charge in [-0.3, -0.25) is 4.79 Å². The lowest BCUT2D eigenvalue weighted by atomic mass is 9.86. The fourth-order valence-electron chi connectivity index (χ4n) is 1.58. The van der Waals surface area contributed by atoms with Gasteiger partial charge in [-0.05, 0) is 18.3 Å². The number of carbonyl (C=O) groups is 1. The molecule has 0 amide bonds. The quantitative estimate of drug-likeness (QED) is 0.627. The normalized spacial score (nSPS) is 33.2. The van der Waals surface area contributed by atoms with Gasteiger partial charge >= 0.3 is 0 Å². The van der Waals surface area contributed by atoms with Gasteiger partial charge in [0.05, 0.1) is 0 Å². The van der Waals surface area contributed by atoms with Crippen molar-refractivity contribution < 1.29 is 9.90 Å². The molecule has 2 heteroatoms. The minimum absolute atomic E-state index is 0.117. The summed E-state index contributed by atoms with van der Waals surface area (Å²) in [6.45, 7) is 2.29. The Morgan fingerprint density at radius 2 is 2.40 bits per heavy atom. The molecule has 0 aliphatic heterocycles. The lowest BCUT2D eigenvalue weighted by Crippen LogP contribution is -2.13. The molecule has 10 heavy (non-hydrogen) atoms. The maximum atomic E-state index is 10.9. The standard InChI is InChI=1S/C8H14O2/c1-8(4-5-9)3-2-7(10)6-8/h9H,2-6H2,1H3. The summed E-state index contributed by atoms with van der Waals surface area (Å²) in [5.41, 5.74) is 0.117. The number of ketones is 1. The minimum Gasteiger partial charge on any atom is -0.396 e. The predicted octanol–water partition coefficient (Wildman–Crippen LogP) is 1.13. The predicted molar refractivity (Wildman–Crippen MR) is 38.7 cm³/mol. The first-order valence-electron chi connectivity index (χ1n) is 3.79. The van der Waals surface area contributed by atoms with Gasteiger partial charge in [-0.15, -0.1) is 0 Å². The van der Waals surface area contributed by atoms with Crippen molar-refractivity contribution in [1.29, 1.82) is 0 Å². The Kier molecular flexibility index (Phi) is 2.09. The first kappa shape index (κ1) is 7.73. The zero-order valence-corrected chi connectivity index (χ0v) is 6.39. The smallest absolute Gasteiger partial charge is 0.133 e. The third-order valence-electron chi connectivity index (χ3n) is 2.35. The molecule has 0 aromatic heterocycles. The van der Waals surface area contributed by atoms with E-state index in [2.05, 4.69) is 6.92 Å². The number of hydrogen-bond donors (Lipinski definition) is 1. The van der Waals surface area contributed by atoms with Crippen molar-refractivity contribution in [3.63, 3.8) is 0 Å². The minimum atomic E-state index is 0.117. The molecule has 1 aliphatic carbocycles.